The van der Waals surface area contributed by atoms with Crippen molar-refractivity contribution >= 4 is 5.97 Å². The van der Waals surface area contributed by atoms with Crippen LogP contribution in [0.4, 0.5) is 0 Å². The number of nitrogens with one attached hydrogen (secondary N) is 1. The van der Waals surface area contributed by atoms with Gasteiger partial charge in [-0.1, -0.05) is 6.92 Å². The zero-order valence-electron chi connectivity index (χ0n) is 14.3. The molecule has 0 aromatic heterocycles. The van der Waals surface area contributed by atoms with Gasteiger partial charge < -0.3 is 14.8 Å². The number of hydrogen-bond donors (Lipinski definition) is 1. The van der Waals surface area contributed by atoms with Crippen LogP contribution in [-0.4, -0.2) is 62.4 Å². The third kappa shape index (κ3) is 4.41. The topological polar surface area (TPSA) is 50.8 Å². The monoisotopic (exact) mass is 300 g/mol. The molecule has 0 aromatic carbocycles. The zero-order chi connectivity index (χ0) is 15.9. The molecule has 1 N–H and O–H groups in total. The van der Waals surface area contributed by atoms with Gasteiger partial charge in [-0.05, 0) is 46.6 Å². The van der Waals surface area contributed by atoms with Crippen LogP contribution in [0.15, 0.2) is 0 Å². The maximum atomic E-state index is 12.3. The van der Waals surface area contributed by atoms with Gasteiger partial charge in [0, 0.05) is 25.7 Å². The summed E-state index contributed by atoms with van der Waals surface area (Å²) < 4.78 is 10.5. The van der Waals surface area contributed by atoms with Gasteiger partial charge in [-0.3, -0.25) is 9.69 Å². The number of hydrogen-bond acceptors (Lipinski definition) is 5. The van der Waals surface area contributed by atoms with Crippen molar-refractivity contribution < 1.29 is 14.3 Å². The summed E-state index contributed by atoms with van der Waals surface area (Å²) in [6.07, 6.45) is 3.78. The van der Waals surface area contributed by atoms with E-state index in [1.807, 2.05) is 14.0 Å². The number of methoxy groups -OCH3 is 1. The molecule has 1 aliphatic carbocycles. The van der Waals surface area contributed by atoms with E-state index < -0.39 is 5.54 Å². The van der Waals surface area contributed by atoms with Crippen molar-refractivity contribution in [3.63, 3.8) is 0 Å². The van der Waals surface area contributed by atoms with Gasteiger partial charge in [0.2, 0.25) is 0 Å². The molecular formula is C16H32N2O3. The summed E-state index contributed by atoms with van der Waals surface area (Å²) >= 11 is 0. The van der Waals surface area contributed by atoms with Gasteiger partial charge in [-0.15, -0.1) is 0 Å². The molecule has 0 bridgehead atoms. The van der Waals surface area contributed by atoms with Gasteiger partial charge in [-0.25, -0.2) is 0 Å². The minimum atomic E-state index is -0.514. The van der Waals surface area contributed by atoms with Crippen LogP contribution in [0.5, 0.6) is 0 Å². The highest BCUT2D eigenvalue weighted by Gasteiger charge is 2.47. The lowest BCUT2D eigenvalue weighted by Crippen LogP contribution is -2.51. The number of esters is 1. The van der Waals surface area contributed by atoms with Crippen molar-refractivity contribution in [1.82, 2.24) is 10.2 Å². The summed E-state index contributed by atoms with van der Waals surface area (Å²) in [4.78, 5) is 14.8. The Balaban J connectivity index is 2.77. The van der Waals surface area contributed by atoms with E-state index in [9.17, 15) is 4.79 Å². The maximum Gasteiger partial charge on any atom is 0.326 e. The summed E-state index contributed by atoms with van der Waals surface area (Å²) in [7, 11) is 3.60. The fraction of sp³-hybridized carbons (Fsp3) is 0.938. The second kappa shape index (κ2) is 8.71. The third-order valence-electron chi connectivity index (χ3n) is 4.81. The van der Waals surface area contributed by atoms with Crippen molar-refractivity contribution in [2.24, 2.45) is 0 Å². The molecule has 3 atom stereocenters. The Kier molecular flexibility index (Phi) is 7.63. The Labute approximate surface area is 129 Å². The molecule has 3 unspecified atom stereocenters. The van der Waals surface area contributed by atoms with Gasteiger partial charge in [0.05, 0.1) is 13.2 Å². The first-order valence-electron chi connectivity index (χ1n) is 8.15. The average molecular weight is 300 g/mol. The molecule has 5 heteroatoms. The fourth-order valence-electron chi connectivity index (χ4n) is 3.28. The molecule has 0 saturated heterocycles. The summed E-state index contributed by atoms with van der Waals surface area (Å²) in [5.41, 5.74) is -0.514. The molecular weight excluding hydrogens is 268 g/mol. The minimum absolute atomic E-state index is 0.106. The highest BCUT2D eigenvalue weighted by atomic mass is 16.5. The number of carbonyl (C=O) groups is 1. The van der Waals surface area contributed by atoms with Gasteiger partial charge in [0.1, 0.15) is 5.54 Å². The molecule has 0 amide bonds. The van der Waals surface area contributed by atoms with E-state index >= 15 is 0 Å². The predicted octanol–water partition coefficient (Wildman–Crippen LogP) is 1.81. The van der Waals surface area contributed by atoms with E-state index in [0.29, 0.717) is 18.7 Å². The molecule has 1 fully saturated rings. The Morgan fingerprint density at radius 1 is 1.48 bits per heavy atom. The van der Waals surface area contributed by atoms with E-state index in [4.69, 9.17) is 9.47 Å². The number of likely N-dealkylation sites (N-methyl/N-ethyl adjacent to an activating group) is 1. The van der Waals surface area contributed by atoms with Crippen LogP contribution in [0.1, 0.15) is 46.5 Å². The van der Waals surface area contributed by atoms with Crippen molar-refractivity contribution in [2.45, 2.75) is 64.1 Å². The first-order valence-corrected chi connectivity index (χ1v) is 8.15. The lowest BCUT2D eigenvalue weighted by atomic mass is 9.97. The smallest absolute Gasteiger partial charge is 0.326 e. The van der Waals surface area contributed by atoms with Crippen LogP contribution in [0.3, 0.4) is 0 Å². The second-order valence-electron chi connectivity index (χ2n) is 5.94. The molecule has 0 spiro atoms. The molecule has 0 aliphatic heterocycles. The summed E-state index contributed by atoms with van der Waals surface area (Å²) in [6, 6.07) is 0.909. The first kappa shape index (κ1) is 18.4. The maximum absolute atomic E-state index is 12.3. The van der Waals surface area contributed by atoms with Crippen LogP contribution in [0.2, 0.25) is 0 Å². The summed E-state index contributed by atoms with van der Waals surface area (Å²) in [5, 5.41) is 3.23. The van der Waals surface area contributed by atoms with E-state index in [2.05, 4.69) is 24.1 Å². The molecule has 0 radical (unpaired) electrons. The van der Waals surface area contributed by atoms with E-state index in [0.717, 1.165) is 38.8 Å². The standard InChI is InChI=1S/C16H32N2O3/c1-6-13(3)18(10-11-20-5)14-8-9-16(12-14,17-4)15(19)21-7-2/h13-14,17H,6-12H2,1-5H3. The van der Waals surface area contributed by atoms with Gasteiger partial charge in [-0.2, -0.15) is 0 Å². The normalized spacial score (nSPS) is 27.0. The molecule has 124 valence electrons. The lowest BCUT2D eigenvalue weighted by Gasteiger charge is -2.35. The van der Waals surface area contributed by atoms with E-state index in [1.54, 1.807) is 7.11 Å². The largest absolute Gasteiger partial charge is 0.465 e. The van der Waals surface area contributed by atoms with Gasteiger partial charge in [0.25, 0.3) is 0 Å². The average Bonchev–Trinajstić information content (AvgIpc) is 2.93. The van der Waals surface area contributed by atoms with E-state index in [-0.39, 0.29) is 5.97 Å². The van der Waals surface area contributed by atoms with Crippen molar-refractivity contribution in [3.8, 4) is 0 Å². The predicted molar refractivity (Wildman–Crippen MR) is 84.4 cm³/mol. The van der Waals surface area contributed by atoms with Crippen LogP contribution in [0.25, 0.3) is 0 Å². The molecule has 21 heavy (non-hydrogen) atoms. The van der Waals surface area contributed by atoms with Crippen LogP contribution in [-0.2, 0) is 14.3 Å². The SMILES string of the molecule is CCOC(=O)C1(NC)CCC(N(CCOC)C(C)CC)C1. The van der Waals surface area contributed by atoms with Gasteiger partial charge in [0.15, 0.2) is 0 Å². The van der Waals surface area contributed by atoms with Crippen molar-refractivity contribution in [1.29, 1.82) is 0 Å². The highest BCUT2D eigenvalue weighted by molar-refractivity contribution is 5.81. The zero-order valence-corrected chi connectivity index (χ0v) is 14.3. The van der Waals surface area contributed by atoms with Crippen LogP contribution >= 0.6 is 0 Å². The third-order valence-corrected chi connectivity index (χ3v) is 4.81. The van der Waals surface area contributed by atoms with Crippen molar-refractivity contribution in [2.75, 3.05) is 33.9 Å². The Hall–Kier alpha value is -0.650. The molecule has 0 heterocycles. The first-order chi connectivity index (χ1) is 10.0. The Morgan fingerprint density at radius 2 is 2.19 bits per heavy atom. The van der Waals surface area contributed by atoms with E-state index in [1.165, 1.54) is 0 Å². The number of nitrogens with zero attached hydrogens (tertiary/aromatic N) is 1. The molecule has 5 nitrogen and oxygen atoms in total. The number of rotatable bonds is 9. The fourth-order valence-corrected chi connectivity index (χ4v) is 3.28. The molecule has 0 aromatic rings. The van der Waals surface area contributed by atoms with Crippen LogP contribution in [0, 0.1) is 0 Å². The highest BCUT2D eigenvalue weighted by Crippen LogP contribution is 2.35. The van der Waals surface area contributed by atoms with Crippen LogP contribution < -0.4 is 5.32 Å². The molecule has 1 saturated carbocycles. The Morgan fingerprint density at radius 3 is 2.71 bits per heavy atom. The van der Waals surface area contributed by atoms with Crippen molar-refractivity contribution in [3.05, 3.63) is 0 Å². The quantitative estimate of drug-likeness (QED) is 0.658. The molecule has 1 rings (SSSR count). The summed E-state index contributed by atoms with van der Waals surface area (Å²) in [6.45, 7) is 8.39. The number of carbonyl (C=O) groups excluding carboxylic acids is 1. The molecule has 1 aliphatic rings. The lowest BCUT2D eigenvalue weighted by molar-refractivity contribution is -0.151. The minimum Gasteiger partial charge on any atom is -0.465 e. The second-order valence-corrected chi connectivity index (χ2v) is 5.94. The van der Waals surface area contributed by atoms with Gasteiger partial charge >= 0.3 is 5.97 Å². The Bertz CT molecular complexity index is 325. The summed E-state index contributed by atoms with van der Waals surface area (Å²) in [5.74, 6) is -0.106. The number of ether oxygens (including phenoxy) is 2.